The summed E-state index contributed by atoms with van der Waals surface area (Å²) in [5.74, 6) is -0.883. The van der Waals surface area contributed by atoms with E-state index in [0.29, 0.717) is 11.3 Å². The Morgan fingerprint density at radius 2 is 1.73 bits per heavy atom. The van der Waals surface area contributed by atoms with Gasteiger partial charge >= 0.3 is 0 Å². The van der Waals surface area contributed by atoms with Gasteiger partial charge in [-0.05, 0) is 69.2 Å². The van der Waals surface area contributed by atoms with Gasteiger partial charge in [-0.15, -0.1) is 0 Å². The van der Waals surface area contributed by atoms with Gasteiger partial charge in [0, 0.05) is 29.7 Å². The molecule has 0 radical (unpaired) electrons. The Kier molecular flexibility index (Phi) is 6.08. The number of nitrogens with zero attached hydrogens (tertiary/aromatic N) is 3. The van der Waals surface area contributed by atoms with Gasteiger partial charge in [0.15, 0.2) is 5.75 Å². The summed E-state index contributed by atoms with van der Waals surface area (Å²) >= 11 is 6.25. The van der Waals surface area contributed by atoms with E-state index in [2.05, 4.69) is 4.98 Å². The van der Waals surface area contributed by atoms with Crippen LogP contribution in [0.4, 0.5) is 8.78 Å². The van der Waals surface area contributed by atoms with Crippen LogP contribution in [-0.2, 0) is 0 Å². The minimum absolute atomic E-state index is 0.00744. The first-order chi connectivity index (χ1) is 15.6. The van der Waals surface area contributed by atoms with E-state index in [1.165, 1.54) is 35.9 Å². The molecule has 2 heterocycles. The predicted molar refractivity (Wildman–Crippen MR) is 124 cm³/mol. The molecule has 2 aromatic heterocycles. The van der Waals surface area contributed by atoms with Crippen LogP contribution in [0.2, 0.25) is 5.02 Å². The lowest BCUT2D eigenvalue weighted by atomic mass is 10.0. The molecule has 0 spiro atoms. The van der Waals surface area contributed by atoms with Gasteiger partial charge in [-0.1, -0.05) is 11.6 Å². The molecule has 0 unspecified atom stereocenters. The van der Waals surface area contributed by atoms with Crippen LogP contribution < -0.4 is 10.3 Å². The molecular formula is C25H22ClF2N3O2. The number of hydrogen-bond donors (Lipinski definition) is 0. The molecule has 33 heavy (non-hydrogen) atoms. The van der Waals surface area contributed by atoms with Gasteiger partial charge in [0.2, 0.25) is 0 Å². The Morgan fingerprint density at radius 3 is 2.33 bits per heavy atom. The van der Waals surface area contributed by atoms with E-state index < -0.39 is 23.2 Å². The SMILES string of the molecule is Cc1cn(-c2ccc(Oc3cc(Cl)cn([C@@H](C)c4cc(F)c(C)c(F)c4)c3=O)cc2C)cn1. The third kappa shape index (κ3) is 4.54. The summed E-state index contributed by atoms with van der Waals surface area (Å²) in [7, 11) is 0. The summed E-state index contributed by atoms with van der Waals surface area (Å²) in [6.45, 7) is 6.86. The highest BCUT2D eigenvalue weighted by Gasteiger charge is 2.18. The number of rotatable bonds is 5. The average Bonchev–Trinajstić information content (AvgIpc) is 3.19. The molecule has 1 atom stereocenters. The maximum atomic E-state index is 14.1. The Balaban J connectivity index is 1.68. The Morgan fingerprint density at radius 1 is 1.03 bits per heavy atom. The van der Waals surface area contributed by atoms with Crippen LogP contribution in [0.15, 0.2) is 59.9 Å². The molecule has 0 saturated carbocycles. The van der Waals surface area contributed by atoms with Crippen molar-refractivity contribution in [3.8, 4) is 17.2 Å². The Hall–Kier alpha value is -3.45. The molecule has 2 aromatic carbocycles. The normalized spacial score (nSPS) is 12.1. The van der Waals surface area contributed by atoms with E-state index >= 15 is 0 Å². The van der Waals surface area contributed by atoms with Crippen LogP contribution in [0.25, 0.3) is 5.69 Å². The zero-order valence-electron chi connectivity index (χ0n) is 18.6. The first kappa shape index (κ1) is 22.7. The maximum absolute atomic E-state index is 14.1. The molecule has 0 bridgehead atoms. The average molecular weight is 470 g/mol. The van der Waals surface area contributed by atoms with Gasteiger partial charge in [-0.25, -0.2) is 13.8 Å². The molecular weight excluding hydrogens is 448 g/mol. The van der Waals surface area contributed by atoms with Gasteiger partial charge in [-0.2, -0.15) is 0 Å². The molecule has 4 rings (SSSR count). The van der Waals surface area contributed by atoms with Crippen molar-refractivity contribution in [2.24, 2.45) is 0 Å². The number of halogens is 3. The summed E-state index contributed by atoms with van der Waals surface area (Å²) in [4.78, 5) is 17.4. The third-order valence-corrected chi connectivity index (χ3v) is 5.77. The second kappa shape index (κ2) is 8.83. The molecule has 0 aliphatic heterocycles. The summed E-state index contributed by atoms with van der Waals surface area (Å²) < 4.78 is 37.2. The molecule has 8 heteroatoms. The van der Waals surface area contributed by atoms with Gasteiger partial charge in [-0.3, -0.25) is 4.79 Å². The summed E-state index contributed by atoms with van der Waals surface area (Å²) in [5.41, 5.74) is 2.52. The van der Waals surface area contributed by atoms with Crippen LogP contribution in [-0.4, -0.2) is 14.1 Å². The molecule has 0 aliphatic rings. The number of hydrogen-bond acceptors (Lipinski definition) is 3. The molecule has 0 saturated heterocycles. The highest BCUT2D eigenvalue weighted by Crippen LogP contribution is 2.28. The third-order valence-electron chi connectivity index (χ3n) is 5.57. The highest BCUT2D eigenvalue weighted by molar-refractivity contribution is 6.30. The van der Waals surface area contributed by atoms with E-state index in [4.69, 9.17) is 16.3 Å². The largest absolute Gasteiger partial charge is 0.451 e. The zero-order chi connectivity index (χ0) is 23.9. The number of aryl methyl sites for hydroxylation is 2. The minimum atomic E-state index is -0.674. The van der Waals surface area contributed by atoms with Gasteiger partial charge in [0.25, 0.3) is 5.56 Å². The van der Waals surface area contributed by atoms with E-state index in [1.54, 1.807) is 19.3 Å². The minimum Gasteiger partial charge on any atom is -0.451 e. The summed E-state index contributed by atoms with van der Waals surface area (Å²) in [6.07, 6.45) is 5.06. The Labute approximate surface area is 194 Å². The molecule has 5 nitrogen and oxygen atoms in total. The second-order valence-corrected chi connectivity index (χ2v) is 8.43. The summed E-state index contributed by atoms with van der Waals surface area (Å²) in [6, 6.07) is 8.62. The number of pyridine rings is 1. The van der Waals surface area contributed by atoms with Crippen molar-refractivity contribution in [1.82, 2.24) is 14.1 Å². The second-order valence-electron chi connectivity index (χ2n) is 7.99. The molecule has 170 valence electrons. The number of benzene rings is 2. The first-order valence-electron chi connectivity index (χ1n) is 10.3. The highest BCUT2D eigenvalue weighted by atomic mass is 35.5. The van der Waals surface area contributed by atoms with Crippen molar-refractivity contribution < 1.29 is 13.5 Å². The fourth-order valence-electron chi connectivity index (χ4n) is 3.63. The van der Waals surface area contributed by atoms with Gasteiger partial charge in [0.05, 0.1) is 23.1 Å². The molecule has 0 N–H and O–H groups in total. The van der Waals surface area contributed by atoms with E-state index in [1.807, 2.05) is 36.7 Å². The van der Waals surface area contributed by atoms with E-state index in [9.17, 15) is 13.6 Å². The molecule has 4 aromatic rings. The maximum Gasteiger partial charge on any atom is 0.294 e. The van der Waals surface area contributed by atoms with Gasteiger partial charge in [0.1, 0.15) is 17.4 Å². The monoisotopic (exact) mass is 469 g/mol. The van der Waals surface area contributed by atoms with Crippen molar-refractivity contribution in [3.63, 3.8) is 0 Å². The van der Waals surface area contributed by atoms with Crippen molar-refractivity contribution in [2.75, 3.05) is 0 Å². The standard InChI is InChI=1S/C25H22ClF2N3O2/c1-14-7-20(5-6-23(14)30-11-15(2)29-13-30)33-24-10-19(26)12-31(25(24)32)17(4)18-8-21(27)16(3)22(28)9-18/h5-13,17H,1-4H3/t17-/m0/s1. The van der Waals surface area contributed by atoms with Crippen LogP contribution in [0.3, 0.4) is 0 Å². The summed E-state index contributed by atoms with van der Waals surface area (Å²) in [5, 5.41) is 0.256. The van der Waals surface area contributed by atoms with Crippen molar-refractivity contribution >= 4 is 11.6 Å². The Bertz CT molecular complexity index is 1390. The van der Waals surface area contributed by atoms with Crippen LogP contribution in [0.5, 0.6) is 11.5 Å². The molecule has 0 amide bonds. The zero-order valence-corrected chi connectivity index (χ0v) is 19.3. The van der Waals surface area contributed by atoms with Gasteiger partial charge < -0.3 is 13.9 Å². The van der Waals surface area contributed by atoms with Crippen LogP contribution in [0, 0.1) is 32.4 Å². The fraction of sp³-hybridized carbons (Fsp3) is 0.200. The first-order valence-corrected chi connectivity index (χ1v) is 10.7. The van der Waals surface area contributed by atoms with Crippen molar-refractivity contribution in [3.05, 3.63) is 105 Å². The smallest absolute Gasteiger partial charge is 0.294 e. The van der Waals surface area contributed by atoms with Crippen LogP contribution in [0.1, 0.15) is 35.3 Å². The lowest BCUT2D eigenvalue weighted by Crippen LogP contribution is -2.24. The lowest BCUT2D eigenvalue weighted by Gasteiger charge is -2.18. The number of aromatic nitrogens is 3. The number of imidazole rings is 1. The quantitative estimate of drug-likeness (QED) is 0.345. The van der Waals surface area contributed by atoms with Crippen molar-refractivity contribution in [2.45, 2.75) is 33.7 Å². The van der Waals surface area contributed by atoms with E-state index in [0.717, 1.165) is 16.9 Å². The molecule has 0 fully saturated rings. The lowest BCUT2D eigenvalue weighted by molar-refractivity contribution is 0.460. The number of ether oxygens (including phenoxy) is 1. The van der Waals surface area contributed by atoms with Crippen LogP contribution >= 0.6 is 11.6 Å². The topological polar surface area (TPSA) is 49.0 Å². The molecule has 0 aliphatic carbocycles. The fourth-order valence-corrected chi connectivity index (χ4v) is 3.84. The van der Waals surface area contributed by atoms with Crippen molar-refractivity contribution in [1.29, 1.82) is 0 Å². The predicted octanol–water partition coefficient (Wildman–Crippen LogP) is 6.29. The van der Waals surface area contributed by atoms with E-state index in [-0.39, 0.29) is 16.3 Å².